The Morgan fingerprint density at radius 3 is 2.79 bits per heavy atom. The number of carbonyl (C=O) groups is 1. The van der Waals surface area contributed by atoms with Crippen LogP contribution >= 0.6 is 0 Å². The normalized spacial score (nSPS) is 32.8. The fraction of sp³-hybridized carbons (Fsp3) is 0.769. The van der Waals surface area contributed by atoms with Crippen LogP contribution in [0.3, 0.4) is 0 Å². The number of alkyl carbamates (subject to hydrolysis) is 1. The van der Waals surface area contributed by atoms with E-state index in [-0.39, 0.29) is 17.6 Å². The summed E-state index contributed by atoms with van der Waals surface area (Å²) in [6, 6.07) is 0.154. The molecule has 3 aliphatic rings. The zero-order chi connectivity index (χ0) is 13.7. The highest BCUT2D eigenvalue weighted by atomic mass is 16.6. The summed E-state index contributed by atoms with van der Waals surface area (Å²) < 4.78 is 10.6. The van der Waals surface area contributed by atoms with Gasteiger partial charge >= 0.3 is 6.09 Å². The SMILES string of the molecule is CC(C)(C)OC(=O)NC1CC2(c3nnco3)CC1C2. The summed E-state index contributed by atoms with van der Waals surface area (Å²) in [6.45, 7) is 5.59. The Kier molecular flexibility index (Phi) is 2.59. The summed E-state index contributed by atoms with van der Waals surface area (Å²) in [5, 5.41) is 10.7. The van der Waals surface area contributed by atoms with Crippen LogP contribution in [-0.4, -0.2) is 27.9 Å². The molecule has 1 heterocycles. The molecule has 19 heavy (non-hydrogen) atoms. The Hall–Kier alpha value is -1.59. The molecule has 1 aromatic rings. The van der Waals surface area contributed by atoms with Crippen molar-refractivity contribution in [3.8, 4) is 0 Å². The van der Waals surface area contributed by atoms with Crippen LogP contribution < -0.4 is 5.32 Å². The molecule has 6 nitrogen and oxygen atoms in total. The predicted octanol–water partition coefficient (Wildman–Crippen LogP) is 2.01. The van der Waals surface area contributed by atoms with Crippen LogP contribution in [0.4, 0.5) is 4.79 Å². The maximum absolute atomic E-state index is 11.8. The van der Waals surface area contributed by atoms with Gasteiger partial charge in [0.2, 0.25) is 12.3 Å². The number of ether oxygens (including phenoxy) is 1. The standard InChI is InChI=1S/C13H19N3O3/c1-12(2,3)19-11(17)15-9-6-13(4-8(9)5-13)10-16-14-7-18-10/h7-9H,4-6H2,1-3H3,(H,15,17). The Balaban J connectivity index is 1.60. The second-order valence-corrected chi connectivity index (χ2v) is 6.65. The number of hydrogen-bond donors (Lipinski definition) is 1. The van der Waals surface area contributed by atoms with E-state index in [9.17, 15) is 4.79 Å². The summed E-state index contributed by atoms with van der Waals surface area (Å²) in [5.74, 6) is 1.21. The highest BCUT2D eigenvalue weighted by Crippen LogP contribution is 2.59. The third-order valence-electron chi connectivity index (χ3n) is 4.00. The largest absolute Gasteiger partial charge is 0.444 e. The first kappa shape index (κ1) is 12.4. The Labute approximate surface area is 111 Å². The van der Waals surface area contributed by atoms with Gasteiger partial charge in [-0.05, 0) is 46.0 Å². The van der Waals surface area contributed by atoms with Crippen molar-refractivity contribution in [2.75, 3.05) is 0 Å². The summed E-state index contributed by atoms with van der Waals surface area (Å²) in [5.41, 5.74) is -0.476. The Morgan fingerprint density at radius 1 is 1.47 bits per heavy atom. The Morgan fingerprint density at radius 2 is 2.21 bits per heavy atom. The lowest BCUT2D eigenvalue weighted by molar-refractivity contribution is 0.0494. The molecule has 1 amide bonds. The van der Waals surface area contributed by atoms with Crippen molar-refractivity contribution in [2.45, 2.75) is 57.1 Å². The maximum Gasteiger partial charge on any atom is 0.407 e. The zero-order valence-electron chi connectivity index (χ0n) is 11.5. The van der Waals surface area contributed by atoms with E-state index < -0.39 is 5.60 Å². The molecule has 1 atom stereocenters. The van der Waals surface area contributed by atoms with Crippen LogP contribution in [-0.2, 0) is 10.2 Å². The molecule has 1 N–H and O–H groups in total. The lowest BCUT2D eigenvalue weighted by atomic mass is 9.69. The van der Waals surface area contributed by atoms with E-state index in [1.165, 1.54) is 6.39 Å². The van der Waals surface area contributed by atoms with E-state index in [0.29, 0.717) is 11.8 Å². The summed E-state index contributed by atoms with van der Waals surface area (Å²) >= 11 is 0. The first-order chi connectivity index (χ1) is 8.88. The fourth-order valence-electron chi connectivity index (χ4n) is 3.28. The molecule has 1 unspecified atom stereocenters. The molecule has 1 aromatic heterocycles. The number of nitrogens with zero attached hydrogens (tertiary/aromatic N) is 2. The minimum absolute atomic E-state index is 0.0130. The smallest absolute Gasteiger partial charge is 0.407 e. The van der Waals surface area contributed by atoms with Gasteiger partial charge in [0.05, 0.1) is 5.41 Å². The summed E-state index contributed by atoms with van der Waals surface area (Å²) in [4.78, 5) is 11.8. The van der Waals surface area contributed by atoms with Crippen molar-refractivity contribution in [3.63, 3.8) is 0 Å². The van der Waals surface area contributed by atoms with Gasteiger partial charge in [-0.25, -0.2) is 4.79 Å². The minimum Gasteiger partial charge on any atom is -0.444 e. The van der Waals surface area contributed by atoms with E-state index in [4.69, 9.17) is 9.15 Å². The van der Waals surface area contributed by atoms with Crippen LogP contribution in [0.15, 0.2) is 10.8 Å². The van der Waals surface area contributed by atoms with Gasteiger partial charge < -0.3 is 14.5 Å². The Bertz CT molecular complexity index is 472. The van der Waals surface area contributed by atoms with Gasteiger partial charge in [-0.2, -0.15) is 0 Å². The van der Waals surface area contributed by atoms with Gasteiger partial charge in [0.15, 0.2) is 0 Å². The lowest BCUT2D eigenvalue weighted by Gasteiger charge is -2.34. The lowest BCUT2D eigenvalue weighted by Crippen LogP contribution is -2.40. The number of fused-ring (bicyclic) bond motifs is 1. The first-order valence-corrected chi connectivity index (χ1v) is 6.64. The third-order valence-corrected chi connectivity index (χ3v) is 4.00. The third kappa shape index (κ3) is 2.19. The highest BCUT2D eigenvalue weighted by molar-refractivity contribution is 5.68. The van der Waals surface area contributed by atoms with Crippen molar-refractivity contribution in [2.24, 2.45) is 5.92 Å². The van der Waals surface area contributed by atoms with Crippen LogP contribution in [0.1, 0.15) is 45.9 Å². The van der Waals surface area contributed by atoms with Crippen LogP contribution in [0.25, 0.3) is 0 Å². The van der Waals surface area contributed by atoms with Crippen LogP contribution in [0.5, 0.6) is 0 Å². The molecular formula is C13H19N3O3. The molecule has 3 saturated carbocycles. The molecule has 0 saturated heterocycles. The highest BCUT2D eigenvalue weighted by Gasteiger charge is 2.60. The zero-order valence-corrected chi connectivity index (χ0v) is 11.5. The molecule has 6 heteroatoms. The van der Waals surface area contributed by atoms with Crippen molar-refractivity contribution >= 4 is 6.09 Å². The fourth-order valence-corrected chi connectivity index (χ4v) is 3.28. The van der Waals surface area contributed by atoms with Gasteiger partial charge in [0.1, 0.15) is 5.60 Å². The summed E-state index contributed by atoms with van der Waals surface area (Å²) in [6.07, 6.45) is 3.90. The predicted molar refractivity (Wildman–Crippen MR) is 66.5 cm³/mol. The molecule has 0 aliphatic heterocycles. The molecule has 3 aliphatic carbocycles. The van der Waals surface area contributed by atoms with Gasteiger partial charge in [-0.1, -0.05) is 0 Å². The monoisotopic (exact) mass is 265 g/mol. The minimum atomic E-state index is -0.462. The van der Waals surface area contributed by atoms with Crippen LogP contribution in [0.2, 0.25) is 0 Å². The number of nitrogens with one attached hydrogen (secondary N) is 1. The van der Waals surface area contributed by atoms with E-state index in [1.807, 2.05) is 20.8 Å². The average Bonchev–Trinajstić information content (AvgIpc) is 2.82. The van der Waals surface area contributed by atoms with Crippen molar-refractivity contribution in [1.29, 1.82) is 0 Å². The number of amides is 1. The van der Waals surface area contributed by atoms with E-state index in [2.05, 4.69) is 15.5 Å². The maximum atomic E-state index is 11.8. The topological polar surface area (TPSA) is 77.2 Å². The van der Waals surface area contributed by atoms with Gasteiger partial charge in [0.25, 0.3) is 0 Å². The molecule has 0 spiro atoms. The number of hydrogen-bond acceptors (Lipinski definition) is 5. The average molecular weight is 265 g/mol. The van der Waals surface area contributed by atoms with E-state index in [0.717, 1.165) is 19.3 Å². The summed E-state index contributed by atoms with van der Waals surface area (Å²) in [7, 11) is 0. The van der Waals surface area contributed by atoms with Gasteiger partial charge in [-0.15, -0.1) is 10.2 Å². The molecule has 0 radical (unpaired) electrons. The second kappa shape index (κ2) is 3.95. The first-order valence-electron chi connectivity index (χ1n) is 6.64. The van der Waals surface area contributed by atoms with Crippen molar-refractivity contribution in [3.05, 3.63) is 12.3 Å². The van der Waals surface area contributed by atoms with Crippen molar-refractivity contribution in [1.82, 2.24) is 15.5 Å². The molecule has 2 bridgehead atoms. The number of rotatable bonds is 2. The molecule has 104 valence electrons. The molecule has 3 fully saturated rings. The number of carbonyl (C=O) groups excluding carboxylic acids is 1. The van der Waals surface area contributed by atoms with E-state index >= 15 is 0 Å². The van der Waals surface area contributed by atoms with Crippen LogP contribution in [0, 0.1) is 5.92 Å². The molecular weight excluding hydrogens is 246 g/mol. The van der Waals surface area contributed by atoms with Gasteiger partial charge in [-0.3, -0.25) is 0 Å². The van der Waals surface area contributed by atoms with Crippen molar-refractivity contribution < 1.29 is 13.9 Å². The molecule has 0 aromatic carbocycles. The number of aromatic nitrogens is 2. The second-order valence-electron chi connectivity index (χ2n) is 6.65. The molecule has 4 rings (SSSR count). The quantitative estimate of drug-likeness (QED) is 0.885. The van der Waals surface area contributed by atoms with Gasteiger partial charge in [0, 0.05) is 6.04 Å². The van der Waals surface area contributed by atoms with E-state index in [1.54, 1.807) is 0 Å².